The zero-order chi connectivity index (χ0) is 19.6. The molecule has 0 bridgehead atoms. The van der Waals surface area contributed by atoms with Crippen molar-refractivity contribution < 1.29 is 14.7 Å². The van der Waals surface area contributed by atoms with E-state index >= 15 is 0 Å². The lowest BCUT2D eigenvalue weighted by molar-refractivity contribution is -0.135. The monoisotopic (exact) mass is 372 g/mol. The summed E-state index contributed by atoms with van der Waals surface area (Å²) in [6, 6.07) is 9.60. The maximum absolute atomic E-state index is 12.8. The SMILES string of the molecule is CNC(=O)C1=CC(C(N)=O)(C2CCC(O)CC2)N([C@@H](C)c2ccccc2)N1. The first-order chi connectivity index (χ1) is 12.9. The van der Waals surface area contributed by atoms with Gasteiger partial charge >= 0.3 is 0 Å². The van der Waals surface area contributed by atoms with Gasteiger partial charge < -0.3 is 21.6 Å². The summed E-state index contributed by atoms with van der Waals surface area (Å²) in [4.78, 5) is 25.1. The number of nitrogens with zero attached hydrogens (tertiary/aromatic N) is 1. The molecule has 1 heterocycles. The summed E-state index contributed by atoms with van der Waals surface area (Å²) >= 11 is 0. The number of carbonyl (C=O) groups excluding carboxylic acids is 2. The summed E-state index contributed by atoms with van der Waals surface area (Å²) in [6.45, 7) is 1.98. The summed E-state index contributed by atoms with van der Waals surface area (Å²) in [5, 5.41) is 14.3. The van der Waals surface area contributed by atoms with Crippen LogP contribution in [0.5, 0.6) is 0 Å². The van der Waals surface area contributed by atoms with E-state index < -0.39 is 11.4 Å². The Morgan fingerprint density at radius 3 is 2.44 bits per heavy atom. The molecule has 146 valence electrons. The Labute approximate surface area is 159 Å². The highest BCUT2D eigenvalue weighted by Gasteiger charge is 2.54. The van der Waals surface area contributed by atoms with E-state index in [0.717, 1.165) is 5.56 Å². The van der Waals surface area contributed by atoms with Gasteiger partial charge in [-0.2, -0.15) is 5.01 Å². The first-order valence-electron chi connectivity index (χ1n) is 9.44. The van der Waals surface area contributed by atoms with Crippen LogP contribution < -0.4 is 16.5 Å². The smallest absolute Gasteiger partial charge is 0.268 e. The van der Waals surface area contributed by atoms with Gasteiger partial charge in [-0.05, 0) is 50.2 Å². The molecule has 1 aromatic carbocycles. The van der Waals surface area contributed by atoms with Crippen LogP contribution in [0.4, 0.5) is 0 Å². The number of carbonyl (C=O) groups is 2. The van der Waals surface area contributed by atoms with Gasteiger partial charge in [0.25, 0.3) is 5.91 Å². The number of nitrogens with two attached hydrogens (primary N) is 1. The van der Waals surface area contributed by atoms with Crippen molar-refractivity contribution in [2.75, 3.05) is 7.05 Å². The molecule has 0 aromatic heterocycles. The van der Waals surface area contributed by atoms with Gasteiger partial charge in [0, 0.05) is 7.05 Å². The molecule has 0 radical (unpaired) electrons. The lowest BCUT2D eigenvalue weighted by Gasteiger charge is -2.45. The maximum atomic E-state index is 12.8. The summed E-state index contributed by atoms with van der Waals surface area (Å²) in [5.74, 6) is -0.864. The molecule has 1 aliphatic carbocycles. The number of hydrogen-bond acceptors (Lipinski definition) is 5. The van der Waals surface area contributed by atoms with Crippen LogP contribution in [0.25, 0.3) is 0 Å². The predicted octanol–water partition coefficient (Wildman–Crippen LogP) is 0.973. The molecule has 1 fully saturated rings. The summed E-state index contributed by atoms with van der Waals surface area (Å²) < 4.78 is 0. The van der Waals surface area contributed by atoms with Crippen LogP contribution in [0.15, 0.2) is 42.1 Å². The number of benzene rings is 1. The van der Waals surface area contributed by atoms with E-state index in [-0.39, 0.29) is 24.0 Å². The minimum absolute atomic E-state index is 0.0841. The summed E-state index contributed by atoms with van der Waals surface area (Å²) in [7, 11) is 1.55. The molecule has 0 saturated heterocycles. The van der Waals surface area contributed by atoms with Crippen molar-refractivity contribution >= 4 is 11.8 Å². The zero-order valence-corrected chi connectivity index (χ0v) is 15.8. The third-order valence-corrected chi connectivity index (χ3v) is 5.86. The van der Waals surface area contributed by atoms with Crippen molar-refractivity contribution in [2.45, 2.75) is 50.3 Å². The van der Waals surface area contributed by atoms with E-state index in [9.17, 15) is 14.7 Å². The molecule has 7 heteroatoms. The third-order valence-electron chi connectivity index (χ3n) is 5.86. The molecule has 5 N–H and O–H groups in total. The quantitative estimate of drug-likeness (QED) is 0.616. The van der Waals surface area contributed by atoms with E-state index in [0.29, 0.717) is 31.4 Å². The molecule has 1 saturated carbocycles. The largest absolute Gasteiger partial charge is 0.393 e. The molecule has 1 aliphatic heterocycles. The number of rotatable bonds is 5. The van der Waals surface area contributed by atoms with Crippen molar-refractivity contribution in [3.8, 4) is 0 Å². The lowest BCUT2D eigenvalue weighted by atomic mass is 9.72. The van der Waals surface area contributed by atoms with Crippen LogP contribution in [0.3, 0.4) is 0 Å². The number of hydrogen-bond donors (Lipinski definition) is 4. The number of hydrazine groups is 1. The molecule has 1 aromatic rings. The fourth-order valence-electron chi connectivity index (χ4n) is 4.31. The fraction of sp³-hybridized carbons (Fsp3) is 0.500. The molecular formula is C20H28N4O3. The fourth-order valence-corrected chi connectivity index (χ4v) is 4.31. The number of primary amides is 1. The Kier molecular flexibility index (Phi) is 5.53. The maximum Gasteiger partial charge on any atom is 0.268 e. The first-order valence-corrected chi connectivity index (χ1v) is 9.44. The number of likely N-dealkylation sites (N-methyl/N-ethyl adjacent to an activating group) is 1. The van der Waals surface area contributed by atoms with Gasteiger partial charge in [0.1, 0.15) is 11.2 Å². The second kappa shape index (κ2) is 7.70. The van der Waals surface area contributed by atoms with Crippen LogP contribution in [-0.4, -0.2) is 40.6 Å². The summed E-state index contributed by atoms with van der Waals surface area (Å²) in [6.07, 6.45) is 3.91. The van der Waals surface area contributed by atoms with Crippen LogP contribution in [-0.2, 0) is 9.59 Å². The Balaban J connectivity index is 2.04. The van der Waals surface area contributed by atoms with E-state index in [1.165, 1.54) is 0 Å². The molecule has 0 spiro atoms. The highest BCUT2D eigenvalue weighted by Crippen LogP contribution is 2.43. The third kappa shape index (κ3) is 3.44. The molecule has 3 rings (SSSR count). The minimum atomic E-state index is -1.13. The highest BCUT2D eigenvalue weighted by atomic mass is 16.3. The first kappa shape index (κ1) is 19.4. The highest BCUT2D eigenvalue weighted by molar-refractivity contribution is 5.97. The topological polar surface area (TPSA) is 108 Å². The van der Waals surface area contributed by atoms with Gasteiger partial charge in [-0.3, -0.25) is 9.59 Å². The van der Waals surface area contributed by atoms with Crippen molar-refractivity contribution in [3.05, 3.63) is 47.7 Å². The van der Waals surface area contributed by atoms with Crippen molar-refractivity contribution in [3.63, 3.8) is 0 Å². The van der Waals surface area contributed by atoms with E-state index in [4.69, 9.17) is 5.73 Å². The molecule has 2 amide bonds. The van der Waals surface area contributed by atoms with Gasteiger partial charge in [-0.1, -0.05) is 30.3 Å². The zero-order valence-electron chi connectivity index (χ0n) is 15.8. The normalized spacial score (nSPS) is 29.5. The molecular weight excluding hydrogens is 344 g/mol. The van der Waals surface area contributed by atoms with Crippen LogP contribution in [0.2, 0.25) is 0 Å². The Bertz CT molecular complexity index is 728. The number of nitrogens with one attached hydrogen (secondary N) is 2. The molecule has 2 aliphatic rings. The van der Waals surface area contributed by atoms with Gasteiger partial charge in [0.2, 0.25) is 5.91 Å². The number of aliphatic hydroxyl groups is 1. The average Bonchev–Trinajstić information content (AvgIpc) is 3.10. The van der Waals surface area contributed by atoms with E-state index in [1.807, 2.05) is 42.3 Å². The minimum Gasteiger partial charge on any atom is -0.393 e. The van der Waals surface area contributed by atoms with Crippen molar-refractivity contribution in [1.82, 2.24) is 15.8 Å². The Morgan fingerprint density at radius 2 is 1.89 bits per heavy atom. The molecule has 2 atom stereocenters. The Morgan fingerprint density at radius 1 is 1.26 bits per heavy atom. The van der Waals surface area contributed by atoms with Crippen LogP contribution in [0.1, 0.15) is 44.2 Å². The second-order valence-corrected chi connectivity index (χ2v) is 7.40. The van der Waals surface area contributed by atoms with E-state index in [2.05, 4.69) is 10.7 Å². The van der Waals surface area contributed by atoms with Gasteiger partial charge in [-0.15, -0.1) is 0 Å². The molecule has 27 heavy (non-hydrogen) atoms. The van der Waals surface area contributed by atoms with Crippen molar-refractivity contribution in [2.24, 2.45) is 11.7 Å². The van der Waals surface area contributed by atoms with Gasteiger partial charge in [0.05, 0.1) is 12.1 Å². The number of amides is 2. The number of aliphatic hydroxyl groups excluding tert-OH is 1. The van der Waals surface area contributed by atoms with E-state index in [1.54, 1.807) is 13.1 Å². The Hall–Kier alpha value is -2.38. The standard InChI is InChI=1S/C20H28N4O3/c1-13(14-6-4-3-5-7-14)24-20(19(21)27,12-17(23-24)18(26)22-2)15-8-10-16(25)11-9-15/h3-7,12-13,15-16,23,25H,8-11H2,1-2H3,(H2,21,27)(H,22,26)/t13-,15?,16?,20?/m0/s1. The van der Waals surface area contributed by atoms with Gasteiger partial charge in [0.15, 0.2) is 0 Å². The van der Waals surface area contributed by atoms with Crippen LogP contribution >= 0.6 is 0 Å². The summed E-state index contributed by atoms with van der Waals surface area (Å²) in [5.41, 5.74) is 9.30. The molecule has 7 nitrogen and oxygen atoms in total. The average molecular weight is 372 g/mol. The van der Waals surface area contributed by atoms with Crippen LogP contribution in [0, 0.1) is 5.92 Å². The lowest BCUT2D eigenvalue weighted by Crippen LogP contribution is -2.62. The second-order valence-electron chi connectivity index (χ2n) is 7.40. The van der Waals surface area contributed by atoms with Crippen molar-refractivity contribution in [1.29, 1.82) is 0 Å². The molecule has 1 unspecified atom stereocenters. The predicted molar refractivity (Wildman–Crippen MR) is 102 cm³/mol. The van der Waals surface area contributed by atoms with Gasteiger partial charge in [-0.25, -0.2) is 0 Å².